The molecule has 0 aromatic rings. The molecule has 0 aromatic heterocycles. The minimum absolute atomic E-state index is 0.191. The number of aliphatic imine (C=N–C) groups is 1. The van der Waals surface area contributed by atoms with Gasteiger partial charge in [-0.1, -0.05) is 155 Å². The van der Waals surface area contributed by atoms with Crippen LogP contribution in [0.15, 0.2) is 4.99 Å². The summed E-state index contributed by atoms with van der Waals surface area (Å²) < 4.78 is 6.21. The molecule has 0 aromatic carbocycles. The maximum Gasteiger partial charge on any atom is 0.128 e. The van der Waals surface area contributed by atoms with Gasteiger partial charge in [-0.3, -0.25) is 4.99 Å². The maximum atomic E-state index is 6.21. The monoisotopic (exact) mass is 507 g/mol. The molecule has 0 N–H and O–H groups in total. The summed E-state index contributed by atoms with van der Waals surface area (Å²) in [6, 6.07) is 0. The summed E-state index contributed by atoms with van der Waals surface area (Å²) in [5.74, 6) is 1.31. The van der Waals surface area contributed by atoms with E-state index in [0.29, 0.717) is 0 Å². The van der Waals surface area contributed by atoms with Gasteiger partial charge in [0.15, 0.2) is 0 Å². The summed E-state index contributed by atoms with van der Waals surface area (Å²) in [5.41, 5.74) is 0. The summed E-state index contributed by atoms with van der Waals surface area (Å²) in [7, 11) is 0. The van der Waals surface area contributed by atoms with E-state index < -0.39 is 0 Å². The lowest BCUT2D eigenvalue weighted by atomic mass is 10.0. The fourth-order valence-electron chi connectivity index (χ4n) is 5.53. The van der Waals surface area contributed by atoms with Crippen LogP contribution in [-0.2, 0) is 4.74 Å². The largest absolute Gasteiger partial charge is 0.359 e. The molecule has 1 rings (SSSR count). The molecular weight excluding hydrogens is 440 g/mol. The minimum Gasteiger partial charge on any atom is -0.359 e. The average Bonchev–Trinajstić information content (AvgIpc) is 3.36. The van der Waals surface area contributed by atoms with E-state index in [0.717, 1.165) is 26.1 Å². The summed E-state index contributed by atoms with van der Waals surface area (Å²) in [5, 5.41) is 0. The van der Waals surface area contributed by atoms with Gasteiger partial charge in [-0.2, -0.15) is 0 Å². The summed E-state index contributed by atoms with van der Waals surface area (Å²) in [6.45, 7) is 9.73. The van der Waals surface area contributed by atoms with Crippen molar-refractivity contribution in [3.8, 4) is 0 Å². The SMILES string of the molecule is CCCCCCCCCCCCCCOC(C)N1CCN=C1CCCCCCCCCCCCCC. The average molecular weight is 507 g/mol. The quantitative estimate of drug-likeness (QED) is 0.0985. The predicted molar refractivity (Wildman–Crippen MR) is 161 cm³/mol. The first kappa shape index (κ1) is 33.5. The third-order valence-corrected chi connectivity index (χ3v) is 8.02. The van der Waals surface area contributed by atoms with Crippen LogP contribution in [0.5, 0.6) is 0 Å². The highest BCUT2D eigenvalue weighted by molar-refractivity contribution is 5.83. The molecule has 3 heteroatoms. The van der Waals surface area contributed by atoms with Crippen LogP contribution in [-0.4, -0.2) is 36.7 Å². The summed E-state index contributed by atoms with van der Waals surface area (Å²) in [4.78, 5) is 7.23. The van der Waals surface area contributed by atoms with Gasteiger partial charge in [-0.15, -0.1) is 0 Å². The molecular formula is C33H66N2O. The first-order valence-corrected chi connectivity index (χ1v) is 16.7. The zero-order valence-corrected chi connectivity index (χ0v) is 25.2. The summed E-state index contributed by atoms with van der Waals surface area (Å²) in [6.07, 6.45) is 35.0. The van der Waals surface area contributed by atoms with E-state index >= 15 is 0 Å². The molecule has 0 saturated heterocycles. The number of hydrogen-bond acceptors (Lipinski definition) is 3. The summed E-state index contributed by atoms with van der Waals surface area (Å²) >= 11 is 0. The van der Waals surface area contributed by atoms with Gasteiger partial charge < -0.3 is 9.64 Å². The normalized spacial score (nSPS) is 14.5. The van der Waals surface area contributed by atoms with E-state index in [-0.39, 0.29) is 6.23 Å². The molecule has 0 aliphatic carbocycles. The van der Waals surface area contributed by atoms with Crippen LogP contribution in [0.1, 0.15) is 181 Å². The molecule has 1 aliphatic heterocycles. The Hall–Kier alpha value is -0.570. The predicted octanol–water partition coefficient (Wildman–Crippen LogP) is 10.9. The van der Waals surface area contributed by atoms with Gasteiger partial charge in [0, 0.05) is 19.6 Å². The van der Waals surface area contributed by atoms with Gasteiger partial charge >= 0.3 is 0 Å². The molecule has 1 atom stereocenters. The van der Waals surface area contributed by atoms with Crippen molar-refractivity contribution in [2.45, 2.75) is 188 Å². The van der Waals surface area contributed by atoms with Crippen molar-refractivity contribution in [1.82, 2.24) is 4.90 Å². The first-order chi connectivity index (χ1) is 17.8. The fourth-order valence-corrected chi connectivity index (χ4v) is 5.53. The van der Waals surface area contributed by atoms with Crippen LogP contribution in [0.25, 0.3) is 0 Å². The highest BCUT2D eigenvalue weighted by atomic mass is 16.5. The van der Waals surface area contributed by atoms with E-state index in [1.807, 2.05) is 0 Å². The van der Waals surface area contributed by atoms with E-state index in [4.69, 9.17) is 9.73 Å². The zero-order valence-electron chi connectivity index (χ0n) is 25.2. The molecule has 0 radical (unpaired) electrons. The molecule has 0 spiro atoms. The number of ether oxygens (including phenoxy) is 1. The minimum atomic E-state index is 0.191. The molecule has 3 nitrogen and oxygen atoms in total. The Morgan fingerprint density at radius 3 is 1.42 bits per heavy atom. The van der Waals surface area contributed by atoms with Crippen LogP contribution in [0, 0.1) is 0 Å². The van der Waals surface area contributed by atoms with E-state index in [1.54, 1.807) is 0 Å². The lowest BCUT2D eigenvalue weighted by molar-refractivity contribution is -0.0113. The van der Waals surface area contributed by atoms with E-state index in [1.165, 1.54) is 160 Å². The Kier molecular flexibility index (Phi) is 24.2. The van der Waals surface area contributed by atoms with Gasteiger partial charge in [0.2, 0.25) is 0 Å². The fraction of sp³-hybridized carbons (Fsp3) is 0.970. The Morgan fingerprint density at radius 2 is 0.972 bits per heavy atom. The second kappa shape index (κ2) is 26.1. The van der Waals surface area contributed by atoms with Crippen molar-refractivity contribution in [2.24, 2.45) is 4.99 Å². The molecule has 0 fully saturated rings. The molecule has 0 saturated carbocycles. The standard InChI is InChI=1S/C33H66N2O/c1-4-6-8-10-12-14-16-18-20-22-24-26-28-33-34-29-30-35(33)32(3)36-31-27-25-23-21-19-17-15-13-11-9-7-5-2/h32H,4-31H2,1-3H3. The smallest absolute Gasteiger partial charge is 0.128 e. The lowest BCUT2D eigenvalue weighted by Crippen LogP contribution is -2.38. The molecule has 1 unspecified atom stereocenters. The van der Waals surface area contributed by atoms with Gasteiger partial charge in [0.05, 0.1) is 6.54 Å². The second-order valence-electron chi connectivity index (χ2n) is 11.5. The van der Waals surface area contributed by atoms with Crippen molar-refractivity contribution in [1.29, 1.82) is 0 Å². The topological polar surface area (TPSA) is 24.8 Å². The zero-order chi connectivity index (χ0) is 25.9. The molecule has 0 amide bonds. The Labute approximate surface area is 227 Å². The number of hydrogen-bond donors (Lipinski definition) is 0. The van der Waals surface area contributed by atoms with Crippen LogP contribution >= 0.6 is 0 Å². The van der Waals surface area contributed by atoms with Gasteiger partial charge in [0.1, 0.15) is 12.1 Å². The third-order valence-electron chi connectivity index (χ3n) is 8.02. The van der Waals surface area contributed by atoms with Crippen LogP contribution in [0.2, 0.25) is 0 Å². The highest BCUT2D eigenvalue weighted by Crippen LogP contribution is 2.17. The van der Waals surface area contributed by atoms with Crippen molar-refractivity contribution >= 4 is 5.84 Å². The maximum absolute atomic E-state index is 6.21. The van der Waals surface area contributed by atoms with Crippen molar-refractivity contribution < 1.29 is 4.74 Å². The number of unbranched alkanes of at least 4 members (excludes halogenated alkanes) is 22. The first-order valence-electron chi connectivity index (χ1n) is 16.7. The van der Waals surface area contributed by atoms with Crippen molar-refractivity contribution in [3.63, 3.8) is 0 Å². The van der Waals surface area contributed by atoms with Crippen LogP contribution < -0.4 is 0 Å². The van der Waals surface area contributed by atoms with E-state index in [2.05, 4.69) is 25.7 Å². The van der Waals surface area contributed by atoms with Crippen LogP contribution in [0.4, 0.5) is 0 Å². The van der Waals surface area contributed by atoms with E-state index in [9.17, 15) is 0 Å². The Bertz CT molecular complexity index is 478. The molecule has 36 heavy (non-hydrogen) atoms. The molecule has 1 heterocycles. The molecule has 214 valence electrons. The highest BCUT2D eigenvalue weighted by Gasteiger charge is 2.22. The van der Waals surface area contributed by atoms with Crippen molar-refractivity contribution in [3.05, 3.63) is 0 Å². The van der Waals surface area contributed by atoms with Crippen LogP contribution in [0.3, 0.4) is 0 Å². The van der Waals surface area contributed by atoms with Gasteiger partial charge in [-0.05, 0) is 19.8 Å². The second-order valence-corrected chi connectivity index (χ2v) is 11.5. The number of rotatable bonds is 28. The molecule has 0 bridgehead atoms. The third kappa shape index (κ3) is 19.5. The molecule has 1 aliphatic rings. The number of amidine groups is 1. The van der Waals surface area contributed by atoms with Gasteiger partial charge in [0.25, 0.3) is 0 Å². The lowest BCUT2D eigenvalue weighted by Gasteiger charge is -2.28. The number of nitrogens with zero attached hydrogens (tertiary/aromatic N) is 2. The van der Waals surface area contributed by atoms with Gasteiger partial charge in [-0.25, -0.2) is 0 Å². The Morgan fingerprint density at radius 1 is 0.583 bits per heavy atom. The van der Waals surface area contributed by atoms with Crippen molar-refractivity contribution in [2.75, 3.05) is 19.7 Å². The Balaban J connectivity index is 1.91.